The maximum absolute atomic E-state index is 13.7. The minimum absolute atomic E-state index is 0.0267. The molecule has 2 aromatic rings. The average Bonchev–Trinajstić information content (AvgIpc) is 3.32. The topological polar surface area (TPSA) is 71.1 Å². The first kappa shape index (κ1) is 15.4. The van der Waals surface area contributed by atoms with Gasteiger partial charge >= 0.3 is 0 Å². The molecule has 2 amide bonds. The third kappa shape index (κ3) is 3.65. The van der Waals surface area contributed by atoms with Crippen LogP contribution in [-0.2, 0) is 4.79 Å². The zero-order valence-corrected chi connectivity index (χ0v) is 12.7. The molecule has 3 rings (SSSR count). The van der Waals surface area contributed by atoms with Crippen molar-refractivity contribution in [3.05, 3.63) is 52.9 Å². The minimum Gasteiger partial charge on any atom is -0.322 e. The number of anilines is 2. The molecule has 23 heavy (non-hydrogen) atoms. The molecule has 0 aliphatic heterocycles. The average molecular weight is 334 g/mol. The second kappa shape index (κ2) is 6.34. The van der Waals surface area contributed by atoms with Crippen molar-refractivity contribution >= 4 is 34.9 Å². The fraction of sp³-hybridized carbons (Fsp3) is 0.188. The van der Waals surface area contributed by atoms with Crippen molar-refractivity contribution in [3.63, 3.8) is 0 Å². The Balaban J connectivity index is 1.74. The molecule has 0 atom stereocenters. The highest BCUT2D eigenvalue weighted by Crippen LogP contribution is 2.30. The second-order valence-corrected chi connectivity index (χ2v) is 5.65. The smallest absolute Gasteiger partial charge is 0.260 e. The summed E-state index contributed by atoms with van der Waals surface area (Å²) in [6.45, 7) is 0. The van der Waals surface area contributed by atoms with Gasteiger partial charge in [-0.15, -0.1) is 0 Å². The standard InChI is InChI=1S/C16H13ClFN3O2/c17-11-2-1-3-12(18)14(11)16(23)20-10-6-7-19-13(8-10)21-15(22)9-4-5-9/h1-3,6-9H,4-5H2,(H2,19,20,21,22,23). The van der Waals surface area contributed by atoms with Crippen molar-refractivity contribution in [1.29, 1.82) is 0 Å². The Morgan fingerprint density at radius 1 is 1.22 bits per heavy atom. The van der Waals surface area contributed by atoms with Gasteiger partial charge in [-0.2, -0.15) is 0 Å². The van der Waals surface area contributed by atoms with Gasteiger partial charge in [0.05, 0.1) is 10.6 Å². The van der Waals surface area contributed by atoms with Crippen molar-refractivity contribution in [2.24, 2.45) is 5.92 Å². The van der Waals surface area contributed by atoms with Gasteiger partial charge in [0, 0.05) is 23.9 Å². The molecule has 0 bridgehead atoms. The SMILES string of the molecule is O=C(Nc1ccnc(NC(=O)C2CC2)c1)c1c(F)cccc1Cl. The van der Waals surface area contributed by atoms with E-state index in [0.717, 1.165) is 18.9 Å². The van der Waals surface area contributed by atoms with Gasteiger partial charge in [0.25, 0.3) is 5.91 Å². The summed E-state index contributed by atoms with van der Waals surface area (Å²) >= 11 is 5.86. The fourth-order valence-corrected chi connectivity index (χ4v) is 2.31. The van der Waals surface area contributed by atoms with Gasteiger partial charge < -0.3 is 10.6 Å². The summed E-state index contributed by atoms with van der Waals surface area (Å²) in [4.78, 5) is 27.9. The molecule has 2 N–H and O–H groups in total. The van der Waals surface area contributed by atoms with E-state index < -0.39 is 11.7 Å². The first-order valence-corrected chi connectivity index (χ1v) is 7.44. The number of benzene rings is 1. The van der Waals surface area contributed by atoms with E-state index in [-0.39, 0.29) is 22.4 Å². The first-order valence-electron chi connectivity index (χ1n) is 7.07. The molecular weight excluding hydrogens is 321 g/mol. The summed E-state index contributed by atoms with van der Waals surface area (Å²) in [6.07, 6.45) is 3.21. The highest BCUT2D eigenvalue weighted by Gasteiger charge is 2.29. The number of halogens is 2. The molecule has 1 aromatic carbocycles. The number of amides is 2. The van der Waals surface area contributed by atoms with Crippen molar-refractivity contribution < 1.29 is 14.0 Å². The van der Waals surface area contributed by atoms with E-state index in [2.05, 4.69) is 15.6 Å². The maximum atomic E-state index is 13.7. The number of carbonyl (C=O) groups is 2. The van der Waals surface area contributed by atoms with E-state index >= 15 is 0 Å². The van der Waals surface area contributed by atoms with Crippen LogP contribution >= 0.6 is 11.6 Å². The van der Waals surface area contributed by atoms with Gasteiger partial charge in [0.15, 0.2) is 0 Å². The summed E-state index contributed by atoms with van der Waals surface area (Å²) in [5.74, 6) is -1.07. The van der Waals surface area contributed by atoms with Gasteiger partial charge in [-0.05, 0) is 31.0 Å². The van der Waals surface area contributed by atoms with Gasteiger partial charge in [-0.1, -0.05) is 17.7 Å². The van der Waals surface area contributed by atoms with Crippen molar-refractivity contribution in [2.75, 3.05) is 10.6 Å². The lowest BCUT2D eigenvalue weighted by atomic mass is 10.2. The zero-order chi connectivity index (χ0) is 16.4. The predicted molar refractivity (Wildman–Crippen MR) is 85.0 cm³/mol. The number of pyridine rings is 1. The summed E-state index contributed by atoms with van der Waals surface area (Å²) in [7, 11) is 0. The molecule has 1 aliphatic rings. The Morgan fingerprint density at radius 2 is 2.00 bits per heavy atom. The highest BCUT2D eigenvalue weighted by molar-refractivity contribution is 6.34. The molecular formula is C16H13ClFN3O2. The van der Waals surface area contributed by atoms with Gasteiger partial charge in [-0.25, -0.2) is 9.37 Å². The summed E-state index contributed by atoms with van der Waals surface area (Å²) in [5.41, 5.74) is 0.157. The Morgan fingerprint density at radius 3 is 2.70 bits per heavy atom. The molecule has 0 radical (unpaired) electrons. The van der Waals surface area contributed by atoms with Crippen LogP contribution < -0.4 is 10.6 Å². The molecule has 1 saturated carbocycles. The van der Waals surface area contributed by atoms with Crippen LogP contribution in [0.5, 0.6) is 0 Å². The quantitative estimate of drug-likeness (QED) is 0.900. The van der Waals surface area contributed by atoms with Crippen LogP contribution in [0.3, 0.4) is 0 Å². The largest absolute Gasteiger partial charge is 0.322 e. The molecule has 5 nitrogen and oxygen atoms in total. The summed E-state index contributed by atoms with van der Waals surface area (Å²) in [5, 5.41) is 5.25. The van der Waals surface area contributed by atoms with Crippen LogP contribution in [0, 0.1) is 11.7 Å². The second-order valence-electron chi connectivity index (χ2n) is 5.24. The molecule has 1 aromatic heterocycles. The molecule has 0 saturated heterocycles. The van der Waals surface area contributed by atoms with Gasteiger partial charge in [0.1, 0.15) is 11.6 Å². The lowest BCUT2D eigenvalue weighted by Crippen LogP contribution is -2.16. The highest BCUT2D eigenvalue weighted by atomic mass is 35.5. The number of nitrogens with one attached hydrogen (secondary N) is 2. The number of nitrogens with zero attached hydrogens (tertiary/aromatic N) is 1. The number of hydrogen-bond donors (Lipinski definition) is 2. The maximum Gasteiger partial charge on any atom is 0.260 e. The van der Waals surface area contributed by atoms with E-state index in [0.29, 0.717) is 11.5 Å². The third-order valence-corrected chi connectivity index (χ3v) is 3.72. The van der Waals surface area contributed by atoms with Crippen molar-refractivity contribution in [1.82, 2.24) is 4.98 Å². The van der Waals surface area contributed by atoms with Gasteiger partial charge in [-0.3, -0.25) is 9.59 Å². The van der Waals surface area contributed by atoms with Crippen LogP contribution in [0.15, 0.2) is 36.5 Å². The molecule has 1 heterocycles. The molecule has 0 spiro atoms. The van der Waals surface area contributed by atoms with Crippen LogP contribution in [-0.4, -0.2) is 16.8 Å². The Labute approximate surface area is 136 Å². The Bertz CT molecular complexity index is 757. The number of aromatic nitrogens is 1. The van der Waals surface area contributed by atoms with Crippen LogP contribution in [0.2, 0.25) is 5.02 Å². The third-order valence-electron chi connectivity index (χ3n) is 3.41. The molecule has 1 aliphatic carbocycles. The van der Waals surface area contributed by atoms with E-state index in [4.69, 9.17) is 11.6 Å². The van der Waals surface area contributed by atoms with Crippen LogP contribution in [0.4, 0.5) is 15.9 Å². The molecule has 1 fully saturated rings. The van der Waals surface area contributed by atoms with E-state index in [1.807, 2.05) is 0 Å². The van der Waals surface area contributed by atoms with Crippen LogP contribution in [0.25, 0.3) is 0 Å². The summed E-state index contributed by atoms with van der Waals surface area (Å²) < 4.78 is 13.7. The number of hydrogen-bond acceptors (Lipinski definition) is 3. The lowest BCUT2D eigenvalue weighted by Gasteiger charge is -2.09. The fourth-order valence-electron chi connectivity index (χ4n) is 2.06. The number of rotatable bonds is 4. The first-order chi connectivity index (χ1) is 11.0. The zero-order valence-electron chi connectivity index (χ0n) is 12.0. The van der Waals surface area contributed by atoms with Gasteiger partial charge in [0.2, 0.25) is 5.91 Å². The van der Waals surface area contributed by atoms with E-state index in [1.54, 1.807) is 6.07 Å². The molecule has 118 valence electrons. The van der Waals surface area contributed by atoms with Crippen molar-refractivity contribution in [3.8, 4) is 0 Å². The molecule has 7 heteroatoms. The Kier molecular flexibility index (Phi) is 4.25. The predicted octanol–water partition coefficient (Wildman–Crippen LogP) is 3.47. The normalized spacial score (nSPS) is 13.5. The van der Waals surface area contributed by atoms with Crippen LogP contribution in [0.1, 0.15) is 23.2 Å². The van der Waals surface area contributed by atoms with E-state index in [9.17, 15) is 14.0 Å². The molecule has 0 unspecified atom stereocenters. The minimum atomic E-state index is -0.702. The monoisotopic (exact) mass is 333 g/mol. The number of carbonyl (C=O) groups excluding carboxylic acids is 2. The summed E-state index contributed by atoms with van der Waals surface area (Å²) in [6, 6.07) is 7.07. The lowest BCUT2D eigenvalue weighted by molar-refractivity contribution is -0.117. The Hall–Kier alpha value is -2.47. The van der Waals surface area contributed by atoms with E-state index in [1.165, 1.54) is 24.4 Å². The van der Waals surface area contributed by atoms with Crippen molar-refractivity contribution in [2.45, 2.75) is 12.8 Å².